The van der Waals surface area contributed by atoms with Gasteiger partial charge in [0.15, 0.2) is 0 Å². The number of carbonyl (C=O) groups is 1. The number of nitrogens with zero attached hydrogens (tertiary/aromatic N) is 1. The lowest BCUT2D eigenvalue weighted by molar-refractivity contribution is -0.126. The number of ether oxygens (including phenoxy) is 2. The summed E-state index contributed by atoms with van der Waals surface area (Å²) >= 11 is 11.9. The Hall–Kier alpha value is -2.00. The van der Waals surface area contributed by atoms with Crippen molar-refractivity contribution in [2.24, 2.45) is 5.92 Å². The van der Waals surface area contributed by atoms with Gasteiger partial charge in [0.25, 0.3) is 0 Å². The maximum Gasteiger partial charge on any atom is 0.224 e. The number of halogens is 2. The fraction of sp³-hybridized carbons (Fsp3) is 0.409. The minimum Gasteiger partial charge on any atom is -0.497 e. The second kappa shape index (κ2) is 11.2. The molecule has 0 saturated carbocycles. The number of sulfonamides is 1. The Balaban J connectivity index is 1.48. The van der Waals surface area contributed by atoms with E-state index in [1.54, 1.807) is 49.6 Å². The van der Waals surface area contributed by atoms with Gasteiger partial charge in [0.05, 0.1) is 35.4 Å². The van der Waals surface area contributed by atoms with Crippen molar-refractivity contribution in [3.05, 3.63) is 58.1 Å². The number of benzene rings is 2. The van der Waals surface area contributed by atoms with E-state index in [2.05, 4.69) is 5.32 Å². The molecule has 1 atom stereocenters. The molecule has 174 valence electrons. The van der Waals surface area contributed by atoms with E-state index in [-0.39, 0.29) is 18.2 Å². The first-order valence-corrected chi connectivity index (χ1v) is 12.6. The van der Waals surface area contributed by atoms with E-state index in [0.29, 0.717) is 53.9 Å². The fourth-order valence-corrected chi connectivity index (χ4v) is 5.42. The largest absolute Gasteiger partial charge is 0.497 e. The quantitative estimate of drug-likeness (QED) is 0.530. The molecule has 32 heavy (non-hydrogen) atoms. The molecule has 0 bridgehead atoms. The Morgan fingerprint density at radius 2 is 1.84 bits per heavy atom. The molecule has 1 amide bonds. The molecular weight excluding hydrogens is 475 g/mol. The molecule has 0 spiro atoms. The molecule has 7 nitrogen and oxygen atoms in total. The molecule has 1 fully saturated rings. The molecule has 2 aromatic rings. The van der Waals surface area contributed by atoms with Gasteiger partial charge in [-0.25, -0.2) is 12.7 Å². The van der Waals surface area contributed by atoms with Gasteiger partial charge in [0, 0.05) is 13.1 Å². The van der Waals surface area contributed by atoms with Crippen LogP contribution in [0, 0.1) is 5.92 Å². The van der Waals surface area contributed by atoms with Gasteiger partial charge in [-0.1, -0.05) is 29.3 Å². The Kier molecular flexibility index (Phi) is 8.64. The molecular formula is C22H26Cl2N2O5S. The monoisotopic (exact) mass is 500 g/mol. The van der Waals surface area contributed by atoms with Crippen molar-refractivity contribution >= 4 is 39.1 Å². The summed E-state index contributed by atoms with van der Waals surface area (Å²) in [6.07, 6.45) is 1.27. The van der Waals surface area contributed by atoms with Gasteiger partial charge in [0.2, 0.25) is 15.9 Å². The number of amides is 1. The van der Waals surface area contributed by atoms with E-state index in [0.717, 1.165) is 5.75 Å². The van der Waals surface area contributed by atoms with Crippen molar-refractivity contribution in [3.8, 4) is 11.5 Å². The normalized spacial score (nSPS) is 17.0. The first kappa shape index (κ1) is 24.6. The van der Waals surface area contributed by atoms with Gasteiger partial charge in [-0.3, -0.25) is 4.79 Å². The molecule has 2 aromatic carbocycles. The van der Waals surface area contributed by atoms with Crippen LogP contribution in [0.5, 0.6) is 11.5 Å². The Morgan fingerprint density at radius 3 is 2.53 bits per heavy atom. The van der Waals surface area contributed by atoms with Crippen LogP contribution in [0.25, 0.3) is 0 Å². The van der Waals surface area contributed by atoms with E-state index in [4.69, 9.17) is 32.7 Å². The van der Waals surface area contributed by atoms with E-state index < -0.39 is 15.9 Å². The summed E-state index contributed by atoms with van der Waals surface area (Å²) in [5, 5.41) is 3.52. The highest BCUT2D eigenvalue weighted by Crippen LogP contribution is 2.26. The number of carbonyl (C=O) groups excluding carboxylic acids is 1. The zero-order valence-electron chi connectivity index (χ0n) is 17.7. The predicted octanol–water partition coefficient (Wildman–Crippen LogP) is 3.74. The minimum atomic E-state index is -3.58. The molecule has 0 aliphatic carbocycles. The van der Waals surface area contributed by atoms with Crippen LogP contribution in [0.1, 0.15) is 18.4 Å². The van der Waals surface area contributed by atoms with Crippen molar-refractivity contribution < 1.29 is 22.7 Å². The summed E-state index contributed by atoms with van der Waals surface area (Å²) in [5.41, 5.74) is 0.557. The lowest BCUT2D eigenvalue weighted by atomic mass is 9.99. The van der Waals surface area contributed by atoms with Crippen LogP contribution in [0.2, 0.25) is 10.0 Å². The lowest BCUT2D eigenvalue weighted by Crippen LogP contribution is -2.46. The van der Waals surface area contributed by atoms with E-state index in [1.165, 1.54) is 4.31 Å². The number of nitrogens with one attached hydrogen (secondary N) is 1. The third-order valence-electron chi connectivity index (χ3n) is 5.21. The van der Waals surface area contributed by atoms with E-state index >= 15 is 0 Å². The summed E-state index contributed by atoms with van der Waals surface area (Å²) in [7, 11) is -1.99. The Morgan fingerprint density at radius 1 is 1.12 bits per heavy atom. The summed E-state index contributed by atoms with van der Waals surface area (Å²) in [4.78, 5) is 12.6. The molecule has 1 N–H and O–H groups in total. The number of methoxy groups -OCH3 is 1. The smallest absolute Gasteiger partial charge is 0.224 e. The van der Waals surface area contributed by atoms with Crippen molar-refractivity contribution in [1.29, 1.82) is 0 Å². The minimum absolute atomic E-state index is 0.162. The molecule has 0 aromatic heterocycles. The molecule has 10 heteroatoms. The topological polar surface area (TPSA) is 84.9 Å². The number of rotatable bonds is 9. The molecule has 1 aliphatic rings. The molecule has 1 aliphatic heterocycles. The van der Waals surface area contributed by atoms with Crippen LogP contribution in [0.15, 0.2) is 42.5 Å². The van der Waals surface area contributed by atoms with Crippen LogP contribution < -0.4 is 14.8 Å². The van der Waals surface area contributed by atoms with Crippen LogP contribution in [-0.2, 0) is 20.6 Å². The van der Waals surface area contributed by atoms with E-state index in [9.17, 15) is 13.2 Å². The maximum atomic E-state index is 12.9. The van der Waals surface area contributed by atoms with Crippen molar-refractivity contribution in [2.75, 3.05) is 33.4 Å². The van der Waals surface area contributed by atoms with E-state index in [1.807, 2.05) is 0 Å². The molecule has 0 radical (unpaired) electrons. The van der Waals surface area contributed by atoms with Gasteiger partial charge in [-0.05, 0) is 54.8 Å². The highest BCUT2D eigenvalue weighted by Gasteiger charge is 2.32. The third kappa shape index (κ3) is 6.75. The number of hydrogen-bond acceptors (Lipinski definition) is 5. The van der Waals surface area contributed by atoms with Crippen LogP contribution >= 0.6 is 23.2 Å². The highest BCUT2D eigenvalue weighted by molar-refractivity contribution is 7.88. The lowest BCUT2D eigenvalue weighted by Gasteiger charge is -2.31. The maximum absolute atomic E-state index is 12.9. The summed E-state index contributed by atoms with van der Waals surface area (Å²) in [6.45, 7) is 1.20. The van der Waals surface area contributed by atoms with Crippen LogP contribution in [0.3, 0.4) is 0 Å². The summed E-state index contributed by atoms with van der Waals surface area (Å²) in [5.74, 6) is 0.665. The molecule has 1 heterocycles. The first-order chi connectivity index (χ1) is 15.3. The number of hydrogen-bond donors (Lipinski definition) is 1. The zero-order valence-corrected chi connectivity index (χ0v) is 20.0. The number of piperidine rings is 1. The zero-order chi connectivity index (χ0) is 23.1. The van der Waals surface area contributed by atoms with Crippen molar-refractivity contribution in [3.63, 3.8) is 0 Å². The molecule has 1 saturated heterocycles. The second-order valence-corrected chi connectivity index (χ2v) is 10.3. The fourth-order valence-electron chi connectivity index (χ4n) is 3.50. The summed E-state index contributed by atoms with van der Waals surface area (Å²) < 4.78 is 37.8. The second-order valence-electron chi connectivity index (χ2n) is 7.52. The van der Waals surface area contributed by atoms with Crippen molar-refractivity contribution in [1.82, 2.24) is 9.62 Å². The molecule has 3 rings (SSSR count). The highest BCUT2D eigenvalue weighted by atomic mass is 35.5. The predicted molar refractivity (Wildman–Crippen MR) is 125 cm³/mol. The SMILES string of the molecule is COc1ccc(OCCNC(=O)[C@@H]2CCCN(S(=O)(=O)Cc3ccc(Cl)c(Cl)c3)C2)cc1. The van der Waals surface area contributed by atoms with Gasteiger partial charge < -0.3 is 14.8 Å². The van der Waals surface area contributed by atoms with Gasteiger partial charge in [0.1, 0.15) is 18.1 Å². The van der Waals surface area contributed by atoms with Crippen LogP contribution in [0.4, 0.5) is 0 Å². The van der Waals surface area contributed by atoms with Gasteiger partial charge in [-0.2, -0.15) is 0 Å². The average molecular weight is 501 g/mol. The standard InChI is InChI=1S/C22H26Cl2N2O5S/c1-30-18-5-7-19(8-6-18)31-12-10-25-22(27)17-3-2-11-26(14-17)32(28,29)15-16-4-9-20(23)21(24)13-16/h4-9,13,17H,2-3,10-12,14-15H2,1H3,(H,25,27)/t17-/m1/s1. The van der Waals surface area contributed by atoms with Gasteiger partial charge >= 0.3 is 0 Å². The summed E-state index contributed by atoms with van der Waals surface area (Å²) in [6, 6.07) is 11.9. The third-order valence-corrected chi connectivity index (χ3v) is 7.77. The Labute approximate surface area is 198 Å². The first-order valence-electron chi connectivity index (χ1n) is 10.2. The molecule has 0 unspecified atom stereocenters. The van der Waals surface area contributed by atoms with Gasteiger partial charge in [-0.15, -0.1) is 0 Å². The average Bonchev–Trinajstić information content (AvgIpc) is 2.79. The Bertz CT molecular complexity index is 1030. The van der Waals surface area contributed by atoms with Crippen LogP contribution in [-0.4, -0.2) is 52.0 Å². The van der Waals surface area contributed by atoms with Crippen molar-refractivity contribution in [2.45, 2.75) is 18.6 Å².